The second-order valence-corrected chi connectivity index (χ2v) is 5.10. The number of ether oxygens (including phenoxy) is 1. The highest BCUT2D eigenvalue weighted by molar-refractivity contribution is 6.34. The lowest BCUT2D eigenvalue weighted by Crippen LogP contribution is -1.94. The molecule has 1 aromatic heterocycles. The van der Waals surface area contributed by atoms with Gasteiger partial charge in [0.25, 0.3) is 0 Å². The summed E-state index contributed by atoms with van der Waals surface area (Å²) in [6.45, 7) is 1.82. The zero-order valence-corrected chi connectivity index (χ0v) is 12.3. The van der Waals surface area contributed by atoms with Crippen LogP contribution in [0, 0.1) is 12.7 Å². The average molecular weight is 303 g/mol. The number of methoxy groups -OCH3 is 1. The standard InChI is InChI=1S/C16H12ClFN2O/c1-9-5-10(7-11(18)6-9)16-19-14-4-3-12(21-2)8-13(14)15(17)20-16/h3-8H,1-2H3. The molecule has 0 aliphatic rings. The molecular weight excluding hydrogens is 291 g/mol. The van der Waals surface area contributed by atoms with Gasteiger partial charge in [0.1, 0.15) is 16.7 Å². The fourth-order valence-electron chi connectivity index (χ4n) is 2.19. The predicted octanol–water partition coefficient (Wildman–Crippen LogP) is 4.41. The second kappa shape index (κ2) is 5.30. The number of aryl methyl sites for hydroxylation is 1. The Balaban J connectivity index is 2.20. The first-order chi connectivity index (χ1) is 10.1. The van der Waals surface area contributed by atoms with E-state index in [1.807, 2.05) is 13.0 Å². The minimum absolute atomic E-state index is 0.316. The van der Waals surface area contributed by atoms with Crippen LogP contribution in [0.5, 0.6) is 5.75 Å². The van der Waals surface area contributed by atoms with Crippen molar-refractivity contribution < 1.29 is 9.13 Å². The lowest BCUT2D eigenvalue weighted by atomic mass is 10.1. The first kappa shape index (κ1) is 13.8. The average Bonchev–Trinajstić information content (AvgIpc) is 2.46. The van der Waals surface area contributed by atoms with E-state index in [2.05, 4.69) is 9.97 Å². The highest BCUT2D eigenvalue weighted by atomic mass is 35.5. The maximum absolute atomic E-state index is 13.5. The maximum Gasteiger partial charge on any atom is 0.161 e. The summed E-state index contributed by atoms with van der Waals surface area (Å²) in [5, 5.41) is 1.02. The summed E-state index contributed by atoms with van der Waals surface area (Å²) in [4.78, 5) is 8.71. The van der Waals surface area contributed by atoms with Crippen LogP contribution in [0.4, 0.5) is 4.39 Å². The van der Waals surface area contributed by atoms with Crippen LogP contribution in [0.2, 0.25) is 5.15 Å². The lowest BCUT2D eigenvalue weighted by Gasteiger charge is -2.07. The van der Waals surface area contributed by atoms with E-state index in [1.165, 1.54) is 12.1 Å². The zero-order valence-electron chi connectivity index (χ0n) is 11.5. The molecule has 0 amide bonds. The maximum atomic E-state index is 13.5. The van der Waals surface area contributed by atoms with E-state index >= 15 is 0 Å². The molecule has 1 heterocycles. The van der Waals surface area contributed by atoms with Crippen LogP contribution in [-0.4, -0.2) is 17.1 Å². The molecule has 0 atom stereocenters. The molecule has 0 radical (unpaired) electrons. The molecule has 0 aliphatic heterocycles. The molecule has 0 fully saturated rings. The van der Waals surface area contributed by atoms with Gasteiger partial charge >= 0.3 is 0 Å². The molecule has 0 saturated carbocycles. The Morgan fingerprint density at radius 3 is 2.62 bits per heavy atom. The monoisotopic (exact) mass is 302 g/mol. The summed E-state index contributed by atoms with van der Waals surface area (Å²) in [6, 6.07) is 10.1. The van der Waals surface area contributed by atoms with Crippen molar-refractivity contribution in [2.75, 3.05) is 7.11 Å². The van der Waals surface area contributed by atoms with Crippen LogP contribution in [-0.2, 0) is 0 Å². The first-order valence-corrected chi connectivity index (χ1v) is 6.73. The van der Waals surface area contributed by atoms with Crippen LogP contribution in [0.25, 0.3) is 22.3 Å². The van der Waals surface area contributed by atoms with Gasteiger partial charge in [-0.3, -0.25) is 0 Å². The number of nitrogens with zero attached hydrogens (tertiary/aromatic N) is 2. The van der Waals surface area contributed by atoms with Gasteiger partial charge in [-0.25, -0.2) is 14.4 Å². The number of benzene rings is 2. The predicted molar refractivity (Wildman–Crippen MR) is 81.2 cm³/mol. The highest BCUT2D eigenvalue weighted by Crippen LogP contribution is 2.28. The van der Waals surface area contributed by atoms with Crippen molar-refractivity contribution in [1.82, 2.24) is 9.97 Å². The number of hydrogen-bond acceptors (Lipinski definition) is 3. The second-order valence-electron chi connectivity index (χ2n) is 4.74. The van der Waals surface area contributed by atoms with E-state index in [1.54, 1.807) is 25.3 Å². The van der Waals surface area contributed by atoms with Gasteiger partial charge in [-0.05, 0) is 48.9 Å². The largest absolute Gasteiger partial charge is 0.497 e. The SMILES string of the molecule is COc1ccc2nc(-c3cc(C)cc(F)c3)nc(Cl)c2c1. The zero-order chi connectivity index (χ0) is 15.0. The van der Waals surface area contributed by atoms with Gasteiger partial charge in [-0.1, -0.05) is 11.6 Å². The topological polar surface area (TPSA) is 35.0 Å². The Bertz CT molecular complexity index is 816. The minimum atomic E-state index is -0.320. The minimum Gasteiger partial charge on any atom is -0.497 e. The number of rotatable bonds is 2. The van der Waals surface area contributed by atoms with Crippen molar-refractivity contribution in [3.8, 4) is 17.1 Å². The fourth-order valence-corrected chi connectivity index (χ4v) is 2.42. The van der Waals surface area contributed by atoms with Crippen LogP contribution in [0.1, 0.15) is 5.56 Å². The molecule has 106 valence electrons. The van der Waals surface area contributed by atoms with Crippen LogP contribution in [0.15, 0.2) is 36.4 Å². The van der Waals surface area contributed by atoms with Crippen LogP contribution < -0.4 is 4.74 Å². The molecule has 0 unspecified atom stereocenters. The molecule has 21 heavy (non-hydrogen) atoms. The first-order valence-electron chi connectivity index (χ1n) is 6.35. The summed E-state index contributed by atoms with van der Waals surface area (Å²) in [7, 11) is 1.58. The van der Waals surface area contributed by atoms with Gasteiger partial charge in [0.15, 0.2) is 5.82 Å². The summed E-state index contributed by atoms with van der Waals surface area (Å²) < 4.78 is 18.7. The Morgan fingerprint density at radius 1 is 1.10 bits per heavy atom. The van der Waals surface area contributed by atoms with E-state index in [9.17, 15) is 4.39 Å². The van der Waals surface area contributed by atoms with Gasteiger partial charge in [-0.2, -0.15) is 0 Å². The number of halogens is 2. The molecule has 3 nitrogen and oxygen atoms in total. The van der Waals surface area contributed by atoms with Crippen molar-refractivity contribution in [2.24, 2.45) is 0 Å². The quantitative estimate of drug-likeness (QED) is 0.658. The summed E-state index contributed by atoms with van der Waals surface area (Å²) >= 11 is 6.22. The van der Waals surface area contributed by atoms with Gasteiger partial charge in [0.05, 0.1) is 12.6 Å². The van der Waals surface area contributed by atoms with E-state index in [0.29, 0.717) is 33.2 Å². The van der Waals surface area contributed by atoms with Gasteiger partial charge in [0.2, 0.25) is 0 Å². The third kappa shape index (κ3) is 2.67. The van der Waals surface area contributed by atoms with Crippen molar-refractivity contribution in [2.45, 2.75) is 6.92 Å². The van der Waals surface area contributed by atoms with E-state index in [4.69, 9.17) is 16.3 Å². The van der Waals surface area contributed by atoms with Crippen LogP contribution >= 0.6 is 11.6 Å². The highest BCUT2D eigenvalue weighted by Gasteiger charge is 2.10. The third-order valence-corrected chi connectivity index (χ3v) is 3.44. The molecule has 0 spiro atoms. The molecule has 5 heteroatoms. The van der Waals surface area contributed by atoms with E-state index < -0.39 is 0 Å². The Kier molecular flexibility index (Phi) is 3.47. The van der Waals surface area contributed by atoms with E-state index in [0.717, 1.165) is 5.56 Å². The number of hydrogen-bond donors (Lipinski definition) is 0. The molecular formula is C16H12ClFN2O. The Morgan fingerprint density at radius 2 is 1.90 bits per heavy atom. The Labute approximate surface area is 126 Å². The molecule has 3 aromatic rings. The number of fused-ring (bicyclic) bond motifs is 1. The van der Waals surface area contributed by atoms with Crippen molar-refractivity contribution in [3.63, 3.8) is 0 Å². The van der Waals surface area contributed by atoms with Crippen molar-refractivity contribution in [1.29, 1.82) is 0 Å². The smallest absolute Gasteiger partial charge is 0.161 e. The molecule has 0 N–H and O–H groups in total. The molecule has 3 rings (SSSR count). The molecule has 0 saturated heterocycles. The fraction of sp³-hybridized carbons (Fsp3) is 0.125. The molecule has 0 aliphatic carbocycles. The van der Waals surface area contributed by atoms with Crippen molar-refractivity contribution in [3.05, 3.63) is 52.9 Å². The molecule has 2 aromatic carbocycles. The summed E-state index contributed by atoms with van der Waals surface area (Å²) in [5.41, 5.74) is 2.10. The van der Waals surface area contributed by atoms with Crippen molar-refractivity contribution >= 4 is 22.5 Å². The van der Waals surface area contributed by atoms with E-state index in [-0.39, 0.29) is 5.82 Å². The number of aromatic nitrogens is 2. The van der Waals surface area contributed by atoms with Gasteiger partial charge in [-0.15, -0.1) is 0 Å². The van der Waals surface area contributed by atoms with Gasteiger partial charge < -0.3 is 4.74 Å². The summed E-state index contributed by atoms with van der Waals surface area (Å²) in [5.74, 6) is 0.766. The normalized spacial score (nSPS) is 10.9. The third-order valence-electron chi connectivity index (χ3n) is 3.16. The Hall–Kier alpha value is -2.20. The summed E-state index contributed by atoms with van der Waals surface area (Å²) in [6.07, 6.45) is 0. The van der Waals surface area contributed by atoms with Crippen LogP contribution in [0.3, 0.4) is 0 Å². The molecule has 0 bridgehead atoms. The lowest BCUT2D eigenvalue weighted by molar-refractivity contribution is 0.415. The van der Waals surface area contributed by atoms with Gasteiger partial charge in [0, 0.05) is 10.9 Å².